The van der Waals surface area contributed by atoms with Crippen LogP contribution in [-0.2, 0) is 13.6 Å². The Hall–Kier alpha value is -1.69. The van der Waals surface area contributed by atoms with Crippen LogP contribution in [0.5, 0.6) is 0 Å². The monoisotopic (exact) mass is 179 g/mol. The molecule has 13 heavy (non-hydrogen) atoms. The molecule has 0 fully saturated rings. The molecule has 0 saturated carbocycles. The van der Waals surface area contributed by atoms with Crippen LogP contribution in [0.1, 0.15) is 5.89 Å². The first-order chi connectivity index (χ1) is 6.29. The molecule has 2 heterocycles. The van der Waals surface area contributed by atoms with E-state index in [1.165, 1.54) is 0 Å². The Morgan fingerprint density at radius 1 is 1.62 bits per heavy atom. The van der Waals surface area contributed by atoms with Gasteiger partial charge in [-0.3, -0.25) is 4.68 Å². The molecule has 0 amide bonds. The van der Waals surface area contributed by atoms with Gasteiger partial charge in [-0.25, -0.2) is 4.98 Å². The highest BCUT2D eigenvalue weighted by Gasteiger charge is 2.07. The van der Waals surface area contributed by atoms with Gasteiger partial charge in [0.15, 0.2) is 5.76 Å². The highest BCUT2D eigenvalue weighted by molar-refractivity contribution is 5.48. The third-order valence-corrected chi connectivity index (χ3v) is 1.58. The zero-order valence-corrected chi connectivity index (χ0v) is 7.14. The molecule has 0 saturated heterocycles. The number of oxazole rings is 1. The molecule has 6 nitrogen and oxygen atoms in total. The van der Waals surface area contributed by atoms with Crippen LogP contribution in [-0.4, -0.2) is 20.0 Å². The molecule has 0 spiro atoms. The topological polar surface area (TPSA) is 82.8 Å². The van der Waals surface area contributed by atoms with Crippen molar-refractivity contribution in [2.45, 2.75) is 6.54 Å². The molecule has 0 aromatic carbocycles. The highest BCUT2D eigenvalue weighted by Crippen LogP contribution is 2.16. The van der Waals surface area contributed by atoms with E-state index in [0.29, 0.717) is 23.9 Å². The van der Waals surface area contributed by atoms with Crippen LogP contribution in [0, 0.1) is 0 Å². The minimum Gasteiger partial charge on any atom is -0.438 e. The third-order valence-electron chi connectivity index (χ3n) is 1.58. The van der Waals surface area contributed by atoms with Crippen LogP contribution >= 0.6 is 0 Å². The molecule has 0 aliphatic rings. The molecule has 0 aliphatic carbocycles. The lowest BCUT2D eigenvalue weighted by Gasteiger charge is -1.85. The van der Waals surface area contributed by atoms with Gasteiger partial charge in [0.2, 0.25) is 5.89 Å². The molecule has 2 aromatic heterocycles. The smallest absolute Gasteiger partial charge is 0.208 e. The lowest BCUT2D eigenvalue weighted by molar-refractivity contribution is 0.508. The number of hydrogen-bond acceptors (Lipinski definition) is 5. The fourth-order valence-corrected chi connectivity index (χ4v) is 0.983. The normalized spacial score (nSPS) is 10.6. The largest absolute Gasteiger partial charge is 0.438 e. The van der Waals surface area contributed by atoms with Crippen LogP contribution in [0.15, 0.2) is 16.8 Å². The van der Waals surface area contributed by atoms with Crippen LogP contribution in [0.3, 0.4) is 0 Å². The van der Waals surface area contributed by atoms with Crippen molar-refractivity contribution < 1.29 is 4.42 Å². The van der Waals surface area contributed by atoms with Gasteiger partial charge in [-0.05, 0) is 0 Å². The van der Waals surface area contributed by atoms with Crippen molar-refractivity contribution in [1.29, 1.82) is 0 Å². The van der Waals surface area contributed by atoms with Gasteiger partial charge in [-0.2, -0.15) is 0 Å². The lowest BCUT2D eigenvalue weighted by Crippen LogP contribution is -1.94. The lowest BCUT2D eigenvalue weighted by atomic mass is 10.4. The summed E-state index contributed by atoms with van der Waals surface area (Å²) in [6.45, 7) is 0.292. The van der Waals surface area contributed by atoms with Crippen molar-refractivity contribution in [3.05, 3.63) is 18.3 Å². The number of aromatic nitrogens is 4. The second kappa shape index (κ2) is 2.98. The van der Waals surface area contributed by atoms with E-state index in [2.05, 4.69) is 15.3 Å². The SMILES string of the molecule is Cn1cc(-c2cnc(CN)o2)nn1. The Kier molecular flexibility index (Phi) is 1.82. The van der Waals surface area contributed by atoms with E-state index in [4.69, 9.17) is 10.2 Å². The molecule has 0 aliphatic heterocycles. The fraction of sp³-hybridized carbons (Fsp3) is 0.286. The number of aryl methyl sites for hydroxylation is 1. The number of rotatable bonds is 2. The van der Waals surface area contributed by atoms with E-state index in [9.17, 15) is 0 Å². The Bertz CT molecular complexity index is 404. The quantitative estimate of drug-likeness (QED) is 0.697. The van der Waals surface area contributed by atoms with Crippen molar-refractivity contribution in [2.24, 2.45) is 12.8 Å². The van der Waals surface area contributed by atoms with E-state index in [-0.39, 0.29) is 0 Å². The first kappa shape index (κ1) is 7.93. The summed E-state index contributed by atoms with van der Waals surface area (Å²) in [4.78, 5) is 3.95. The van der Waals surface area contributed by atoms with Crippen molar-refractivity contribution in [3.8, 4) is 11.5 Å². The zero-order chi connectivity index (χ0) is 9.26. The van der Waals surface area contributed by atoms with Gasteiger partial charge in [-0.1, -0.05) is 5.21 Å². The predicted octanol–water partition coefficient (Wildman–Crippen LogP) is -0.0712. The predicted molar refractivity (Wildman–Crippen MR) is 44.4 cm³/mol. The maximum absolute atomic E-state index is 5.35. The van der Waals surface area contributed by atoms with Crippen molar-refractivity contribution in [3.63, 3.8) is 0 Å². The average molecular weight is 179 g/mol. The Morgan fingerprint density at radius 2 is 2.46 bits per heavy atom. The van der Waals surface area contributed by atoms with Gasteiger partial charge < -0.3 is 10.2 Å². The van der Waals surface area contributed by atoms with E-state index in [0.717, 1.165) is 0 Å². The van der Waals surface area contributed by atoms with Gasteiger partial charge >= 0.3 is 0 Å². The third kappa shape index (κ3) is 1.43. The summed E-state index contributed by atoms with van der Waals surface area (Å²) >= 11 is 0. The van der Waals surface area contributed by atoms with Gasteiger partial charge in [0, 0.05) is 7.05 Å². The van der Waals surface area contributed by atoms with Crippen molar-refractivity contribution >= 4 is 0 Å². The molecule has 0 radical (unpaired) electrons. The summed E-state index contributed by atoms with van der Waals surface area (Å²) < 4.78 is 6.88. The number of hydrogen-bond donors (Lipinski definition) is 1. The van der Waals surface area contributed by atoms with Gasteiger partial charge in [0.25, 0.3) is 0 Å². The summed E-state index contributed by atoms with van der Waals surface area (Å²) in [6.07, 6.45) is 3.34. The summed E-state index contributed by atoms with van der Waals surface area (Å²) in [5.74, 6) is 1.09. The molecule has 0 atom stereocenters. The first-order valence-electron chi connectivity index (χ1n) is 3.81. The van der Waals surface area contributed by atoms with Crippen LogP contribution in [0.2, 0.25) is 0 Å². The molecule has 68 valence electrons. The standard InChI is InChI=1S/C7H9N5O/c1-12-4-5(10-11-12)6-3-9-7(2-8)13-6/h3-4H,2,8H2,1H3. The van der Waals surface area contributed by atoms with Gasteiger partial charge in [0.05, 0.1) is 18.9 Å². The minimum absolute atomic E-state index is 0.292. The molecule has 0 bridgehead atoms. The number of nitrogens with two attached hydrogens (primary N) is 1. The summed E-state index contributed by atoms with van der Waals surface area (Å²) in [5.41, 5.74) is 6.01. The van der Waals surface area contributed by atoms with Crippen LogP contribution in [0.25, 0.3) is 11.5 Å². The highest BCUT2D eigenvalue weighted by atomic mass is 16.4. The van der Waals surface area contributed by atoms with Gasteiger partial charge in [-0.15, -0.1) is 5.10 Å². The molecular weight excluding hydrogens is 170 g/mol. The van der Waals surface area contributed by atoms with E-state index in [1.807, 2.05) is 0 Å². The Balaban J connectivity index is 2.35. The molecular formula is C7H9N5O. The molecule has 2 rings (SSSR count). The van der Waals surface area contributed by atoms with Crippen molar-refractivity contribution in [2.75, 3.05) is 0 Å². The van der Waals surface area contributed by atoms with E-state index in [1.54, 1.807) is 24.1 Å². The Morgan fingerprint density at radius 3 is 3.00 bits per heavy atom. The van der Waals surface area contributed by atoms with Crippen LogP contribution in [0.4, 0.5) is 0 Å². The minimum atomic E-state index is 0.292. The molecule has 2 aromatic rings. The Labute approximate surface area is 74.4 Å². The average Bonchev–Trinajstić information content (AvgIpc) is 2.71. The van der Waals surface area contributed by atoms with Crippen molar-refractivity contribution in [1.82, 2.24) is 20.0 Å². The number of nitrogens with zero attached hydrogens (tertiary/aromatic N) is 4. The maximum Gasteiger partial charge on any atom is 0.208 e. The van der Waals surface area contributed by atoms with Gasteiger partial charge in [0.1, 0.15) is 5.69 Å². The molecule has 0 unspecified atom stereocenters. The zero-order valence-electron chi connectivity index (χ0n) is 7.14. The maximum atomic E-state index is 5.35. The van der Waals surface area contributed by atoms with E-state index >= 15 is 0 Å². The second-order valence-electron chi connectivity index (χ2n) is 2.60. The fourth-order valence-electron chi connectivity index (χ4n) is 0.983. The van der Waals surface area contributed by atoms with Crippen LogP contribution < -0.4 is 5.73 Å². The molecule has 6 heteroatoms. The summed E-state index contributed by atoms with van der Waals surface area (Å²) in [5, 5.41) is 7.65. The first-order valence-corrected chi connectivity index (χ1v) is 3.81. The molecule has 2 N–H and O–H groups in total. The summed E-state index contributed by atoms with van der Waals surface area (Å²) in [7, 11) is 1.79. The van der Waals surface area contributed by atoms with E-state index < -0.39 is 0 Å². The summed E-state index contributed by atoms with van der Waals surface area (Å²) in [6, 6.07) is 0. The second-order valence-corrected chi connectivity index (χ2v) is 2.60.